The second kappa shape index (κ2) is 5.36. The second-order valence-electron chi connectivity index (χ2n) is 4.30. The molecule has 100 valence electrons. The van der Waals surface area contributed by atoms with Crippen LogP contribution in [0.4, 0.5) is 8.78 Å². The predicted octanol–water partition coefficient (Wildman–Crippen LogP) is 3.36. The second-order valence-corrected chi connectivity index (χ2v) is 4.30. The van der Waals surface area contributed by atoms with Crippen LogP contribution in [0.25, 0.3) is 0 Å². The van der Waals surface area contributed by atoms with Gasteiger partial charge >= 0.3 is 0 Å². The van der Waals surface area contributed by atoms with E-state index >= 15 is 0 Å². The van der Waals surface area contributed by atoms with E-state index in [1.807, 2.05) is 0 Å². The monoisotopic (exact) mass is 264 g/mol. The molecule has 0 heterocycles. The summed E-state index contributed by atoms with van der Waals surface area (Å²) < 4.78 is 32.2. The molecule has 1 N–H and O–H groups in total. The van der Waals surface area contributed by atoms with Gasteiger partial charge < -0.3 is 9.84 Å². The minimum Gasteiger partial charge on any atom is -0.497 e. The molecule has 0 saturated carbocycles. The van der Waals surface area contributed by atoms with Crippen LogP contribution in [0, 0.1) is 18.6 Å². The standard InChI is InChI=1S/C15H14F2O2/c1-9-3-4-10(7-13(9)16)15(18)12-6-5-11(19-2)8-14(12)17/h3-8,15,18H,1-2H3. The van der Waals surface area contributed by atoms with Gasteiger partial charge in [0.2, 0.25) is 0 Å². The minimum atomic E-state index is -1.21. The maximum atomic E-state index is 13.8. The molecule has 0 amide bonds. The molecule has 4 heteroatoms. The third-order valence-corrected chi connectivity index (χ3v) is 3.01. The van der Waals surface area contributed by atoms with Crippen LogP contribution in [-0.2, 0) is 0 Å². The Morgan fingerprint density at radius 1 is 1.05 bits per heavy atom. The molecule has 0 aliphatic heterocycles. The first kappa shape index (κ1) is 13.5. The van der Waals surface area contributed by atoms with Crippen molar-refractivity contribution in [3.05, 3.63) is 64.7 Å². The number of aliphatic hydroxyl groups excluding tert-OH is 1. The fourth-order valence-electron chi connectivity index (χ4n) is 1.82. The molecule has 0 aromatic heterocycles. The van der Waals surface area contributed by atoms with Gasteiger partial charge in [-0.2, -0.15) is 0 Å². The summed E-state index contributed by atoms with van der Waals surface area (Å²) in [4.78, 5) is 0. The van der Waals surface area contributed by atoms with Crippen LogP contribution in [0.3, 0.4) is 0 Å². The molecule has 0 fully saturated rings. The molecule has 1 atom stereocenters. The molecular weight excluding hydrogens is 250 g/mol. The Bertz CT molecular complexity index is 597. The molecule has 1 unspecified atom stereocenters. The van der Waals surface area contributed by atoms with Crippen molar-refractivity contribution in [3.63, 3.8) is 0 Å². The van der Waals surface area contributed by atoms with Gasteiger partial charge in [-0.15, -0.1) is 0 Å². The van der Waals surface area contributed by atoms with Gasteiger partial charge in [0.25, 0.3) is 0 Å². The number of methoxy groups -OCH3 is 1. The minimum absolute atomic E-state index is 0.0871. The highest BCUT2D eigenvalue weighted by atomic mass is 19.1. The van der Waals surface area contributed by atoms with Crippen molar-refractivity contribution in [1.29, 1.82) is 0 Å². The van der Waals surface area contributed by atoms with Crippen LogP contribution in [0.1, 0.15) is 22.8 Å². The van der Waals surface area contributed by atoms with Gasteiger partial charge in [-0.05, 0) is 36.2 Å². The Morgan fingerprint density at radius 3 is 2.37 bits per heavy atom. The summed E-state index contributed by atoms with van der Waals surface area (Å²) in [5.41, 5.74) is 0.877. The lowest BCUT2D eigenvalue weighted by atomic mass is 9.99. The number of ether oxygens (including phenoxy) is 1. The highest BCUT2D eigenvalue weighted by Gasteiger charge is 2.16. The van der Waals surface area contributed by atoms with E-state index in [9.17, 15) is 13.9 Å². The highest BCUT2D eigenvalue weighted by molar-refractivity contribution is 5.36. The number of rotatable bonds is 3. The summed E-state index contributed by atoms with van der Waals surface area (Å²) in [6, 6.07) is 8.50. The average molecular weight is 264 g/mol. The Balaban J connectivity index is 2.38. The zero-order valence-electron chi connectivity index (χ0n) is 10.7. The molecule has 0 aliphatic carbocycles. The topological polar surface area (TPSA) is 29.5 Å². The van der Waals surface area contributed by atoms with Gasteiger partial charge in [0.05, 0.1) is 7.11 Å². The predicted molar refractivity (Wildman–Crippen MR) is 68.2 cm³/mol. The van der Waals surface area contributed by atoms with Crippen molar-refractivity contribution in [3.8, 4) is 5.75 Å². The molecule has 2 aromatic rings. The summed E-state index contributed by atoms with van der Waals surface area (Å²) in [6.07, 6.45) is -1.21. The van der Waals surface area contributed by atoms with E-state index in [0.717, 1.165) is 0 Å². The van der Waals surface area contributed by atoms with E-state index in [1.54, 1.807) is 25.1 Å². The SMILES string of the molecule is COc1ccc(C(O)c2ccc(C)c(F)c2)c(F)c1. The van der Waals surface area contributed by atoms with E-state index < -0.39 is 17.7 Å². The van der Waals surface area contributed by atoms with Crippen LogP contribution < -0.4 is 4.74 Å². The van der Waals surface area contributed by atoms with E-state index in [-0.39, 0.29) is 5.56 Å². The maximum Gasteiger partial charge on any atom is 0.133 e. The van der Waals surface area contributed by atoms with Crippen LogP contribution in [0.15, 0.2) is 36.4 Å². The van der Waals surface area contributed by atoms with Crippen LogP contribution in [0.5, 0.6) is 5.75 Å². The lowest BCUT2D eigenvalue weighted by molar-refractivity contribution is 0.214. The van der Waals surface area contributed by atoms with Crippen LogP contribution in [-0.4, -0.2) is 12.2 Å². The number of aryl methyl sites for hydroxylation is 1. The van der Waals surface area contributed by atoms with Crippen molar-refractivity contribution in [1.82, 2.24) is 0 Å². The van der Waals surface area contributed by atoms with Crippen LogP contribution in [0.2, 0.25) is 0 Å². The van der Waals surface area contributed by atoms with Gasteiger partial charge in [-0.3, -0.25) is 0 Å². The Hall–Kier alpha value is -1.94. The summed E-state index contributed by atoms with van der Waals surface area (Å²) in [7, 11) is 1.43. The first-order valence-corrected chi connectivity index (χ1v) is 5.80. The Morgan fingerprint density at radius 2 is 1.79 bits per heavy atom. The van der Waals surface area contributed by atoms with Gasteiger partial charge in [-0.1, -0.05) is 12.1 Å². The van der Waals surface area contributed by atoms with Crippen molar-refractivity contribution in [2.45, 2.75) is 13.0 Å². The quantitative estimate of drug-likeness (QED) is 0.921. The summed E-state index contributed by atoms with van der Waals surface area (Å²) in [5, 5.41) is 10.1. The molecular formula is C15H14F2O2. The molecule has 2 aromatic carbocycles. The van der Waals surface area contributed by atoms with E-state index in [0.29, 0.717) is 16.9 Å². The third-order valence-electron chi connectivity index (χ3n) is 3.01. The Kier molecular flexibility index (Phi) is 3.81. The molecule has 2 rings (SSSR count). The third kappa shape index (κ3) is 2.74. The number of aliphatic hydroxyl groups is 1. The summed E-state index contributed by atoms with van der Waals surface area (Å²) >= 11 is 0. The van der Waals surface area contributed by atoms with Crippen molar-refractivity contribution in [2.75, 3.05) is 7.11 Å². The Labute approximate surface area is 110 Å². The maximum absolute atomic E-state index is 13.8. The molecule has 0 saturated heterocycles. The van der Waals surface area contributed by atoms with E-state index in [1.165, 1.54) is 25.3 Å². The lowest BCUT2D eigenvalue weighted by Crippen LogP contribution is -2.03. The van der Waals surface area contributed by atoms with Crippen LogP contribution >= 0.6 is 0 Å². The smallest absolute Gasteiger partial charge is 0.133 e. The van der Waals surface area contributed by atoms with E-state index in [2.05, 4.69) is 0 Å². The largest absolute Gasteiger partial charge is 0.497 e. The van der Waals surface area contributed by atoms with Crippen molar-refractivity contribution >= 4 is 0 Å². The van der Waals surface area contributed by atoms with Gasteiger partial charge in [0.1, 0.15) is 23.5 Å². The summed E-state index contributed by atoms with van der Waals surface area (Å²) in [5.74, 6) is -0.651. The number of hydrogen-bond donors (Lipinski definition) is 1. The molecule has 2 nitrogen and oxygen atoms in total. The van der Waals surface area contributed by atoms with Gasteiger partial charge in [0, 0.05) is 11.6 Å². The van der Waals surface area contributed by atoms with Gasteiger partial charge in [0.15, 0.2) is 0 Å². The molecule has 0 spiro atoms. The lowest BCUT2D eigenvalue weighted by Gasteiger charge is -2.14. The zero-order valence-corrected chi connectivity index (χ0v) is 10.7. The number of benzene rings is 2. The molecule has 0 aliphatic rings. The fourth-order valence-corrected chi connectivity index (χ4v) is 1.82. The molecule has 0 bridgehead atoms. The molecule has 0 radical (unpaired) electrons. The number of halogens is 2. The van der Waals surface area contributed by atoms with E-state index in [4.69, 9.17) is 4.74 Å². The summed E-state index contributed by atoms with van der Waals surface area (Å²) in [6.45, 7) is 1.62. The average Bonchev–Trinajstić information content (AvgIpc) is 2.41. The zero-order chi connectivity index (χ0) is 14.0. The highest BCUT2D eigenvalue weighted by Crippen LogP contribution is 2.27. The first-order valence-electron chi connectivity index (χ1n) is 5.80. The first-order chi connectivity index (χ1) is 9.02. The van der Waals surface area contributed by atoms with Crippen molar-refractivity contribution < 1.29 is 18.6 Å². The molecule has 19 heavy (non-hydrogen) atoms. The number of hydrogen-bond acceptors (Lipinski definition) is 2. The normalized spacial score (nSPS) is 12.3. The van der Waals surface area contributed by atoms with Crippen molar-refractivity contribution in [2.24, 2.45) is 0 Å². The fraction of sp³-hybridized carbons (Fsp3) is 0.200. The van der Waals surface area contributed by atoms with Gasteiger partial charge in [-0.25, -0.2) is 8.78 Å².